The Morgan fingerprint density at radius 2 is 1.79 bits per heavy atom. The van der Waals surface area contributed by atoms with Crippen molar-refractivity contribution in [3.8, 4) is 0 Å². The van der Waals surface area contributed by atoms with E-state index in [4.69, 9.17) is 16.3 Å². The van der Waals surface area contributed by atoms with Gasteiger partial charge in [0.15, 0.2) is 4.91 Å². The van der Waals surface area contributed by atoms with Gasteiger partial charge in [-0.2, -0.15) is 0 Å². The number of carbonyl (C=O) groups is 1. The fourth-order valence-electron chi connectivity index (χ4n) is 3.22. The van der Waals surface area contributed by atoms with E-state index in [0.717, 1.165) is 30.5 Å². The molecule has 2 aromatic carbocycles. The molecule has 0 spiro atoms. The number of morpholine rings is 1. The maximum Gasteiger partial charge on any atom is 0.267 e. The molecule has 0 saturated carbocycles. The Hall–Kier alpha value is -2.49. The smallest absolute Gasteiger partial charge is 0.267 e. The van der Waals surface area contributed by atoms with E-state index < -0.39 is 32.3 Å². The van der Waals surface area contributed by atoms with E-state index in [2.05, 4.69) is 0 Å². The predicted octanol–water partition coefficient (Wildman–Crippen LogP) is 3.24. The number of ether oxygens (including phenoxy) is 1. The van der Waals surface area contributed by atoms with Gasteiger partial charge in [0.1, 0.15) is 11.6 Å². The summed E-state index contributed by atoms with van der Waals surface area (Å²) >= 11 is 5.86. The van der Waals surface area contributed by atoms with Crippen molar-refractivity contribution in [2.24, 2.45) is 0 Å². The first-order valence-corrected chi connectivity index (χ1v) is 10.5. The first kappa shape index (κ1) is 19.8. The monoisotopic (exact) mass is 440 g/mol. The van der Waals surface area contributed by atoms with Crippen molar-refractivity contribution in [3.05, 3.63) is 64.2 Å². The van der Waals surface area contributed by atoms with Crippen LogP contribution >= 0.6 is 11.6 Å². The van der Waals surface area contributed by atoms with E-state index >= 15 is 0 Å². The third kappa shape index (κ3) is 3.50. The molecule has 1 amide bonds. The van der Waals surface area contributed by atoms with Gasteiger partial charge in [0.25, 0.3) is 5.91 Å². The summed E-state index contributed by atoms with van der Waals surface area (Å²) < 4.78 is 58.9. The number of anilines is 2. The summed E-state index contributed by atoms with van der Waals surface area (Å²) in [6, 6.07) is 6.90. The Balaban J connectivity index is 1.89. The van der Waals surface area contributed by atoms with E-state index in [-0.39, 0.29) is 34.4 Å². The summed E-state index contributed by atoms with van der Waals surface area (Å²) in [5.74, 6) is -2.00. The van der Waals surface area contributed by atoms with Crippen LogP contribution in [0.4, 0.5) is 20.2 Å². The lowest BCUT2D eigenvalue weighted by molar-refractivity contribution is -0.130. The maximum atomic E-state index is 13.9. The van der Waals surface area contributed by atoms with Crippen molar-refractivity contribution < 1.29 is 26.7 Å². The molecule has 2 aliphatic rings. The molecule has 0 N–H and O–H groups in total. The molecule has 152 valence electrons. The normalized spacial score (nSPS) is 18.2. The molecule has 0 radical (unpaired) electrons. The van der Waals surface area contributed by atoms with E-state index in [9.17, 15) is 22.0 Å². The number of amides is 1. The Bertz CT molecular complexity index is 1130. The lowest BCUT2D eigenvalue weighted by atomic mass is 10.2. The molecule has 0 bridgehead atoms. The van der Waals surface area contributed by atoms with Crippen molar-refractivity contribution in [3.63, 3.8) is 0 Å². The molecule has 0 atom stereocenters. The molecule has 0 unspecified atom stereocenters. The van der Waals surface area contributed by atoms with Crippen molar-refractivity contribution in [2.75, 3.05) is 31.2 Å². The number of rotatable bonds is 2. The topological polar surface area (TPSA) is 66.9 Å². The minimum absolute atomic E-state index is 0.00574. The molecule has 1 saturated heterocycles. The number of nitrogens with zero attached hydrogens (tertiary/aromatic N) is 2. The lowest BCUT2D eigenvalue weighted by Gasteiger charge is -2.32. The summed E-state index contributed by atoms with van der Waals surface area (Å²) in [6.45, 7) is 1.12. The molecular weight excluding hydrogens is 426 g/mol. The number of halogens is 3. The minimum atomic E-state index is -4.19. The highest BCUT2D eigenvalue weighted by molar-refractivity contribution is 7.96. The third-order valence-corrected chi connectivity index (χ3v) is 6.77. The fourth-order valence-corrected chi connectivity index (χ4v) is 4.92. The van der Waals surface area contributed by atoms with Gasteiger partial charge in [0.05, 0.1) is 28.8 Å². The van der Waals surface area contributed by atoms with Gasteiger partial charge in [-0.3, -0.25) is 4.79 Å². The highest BCUT2D eigenvalue weighted by atomic mass is 35.5. The second kappa shape index (κ2) is 7.40. The SMILES string of the molecule is O=C(C1=CN(c2ccc(F)c(Cl)c2)c2cc(F)ccc2S1(=O)=O)N1CCOCC1. The van der Waals surface area contributed by atoms with Crippen molar-refractivity contribution in [1.29, 1.82) is 0 Å². The van der Waals surface area contributed by atoms with E-state index in [1.165, 1.54) is 21.9 Å². The minimum Gasteiger partial charge on any atom is -0.378 e. The van der Waals surface area contributed by atoms with Crippen molar-refractivity contribution >= 4 is 38.7 Å². The first-order valence-electron chi connectivity index (χ1n) is 8.67. The van der Waals surface area contributed by atoms with Gasteiger partial charge in [0.2, 0.25) is 9.84 Å². The van der Waals surface area contributed by atoms with Crippen LogP contribution in [0.15, 0.2) is 52.4 Å². The van der Waals surface area contributed by atoms with Crippen LogP contribution in [-0.4, -0.2) is 45.5 Å². The van der Waals surface area contributed by atoms with Gasteiger partial charge < -0.3 is 14.5 Å². The molecule has 4 rings (SSSR count). The highest BCUT2D eigenvalue weighted by Gasteiger charge is 2.38. The maximum absolute atomic E-state index is 13.9. The number of hydrogen-bond acceptors (Lipinski definition) is 5. The van der Waals surface area contributed by atoms with Crippen molar-refractivity contribution in [2.45, 2.75) is 4.90 Å². The number of fused-ring (bicyclic) bond motifs is 1. The number of hydrogen-bond donors (Lipinski definition) is 0. The largest absolute Gasteiger partial charge is 0.378 e. The first-order chi connectivity index (χ1) is 13.8. The molecule has 2 aliphatic heterocycles. The quantitative estimate of drug-likeness (QED) is 0.671. The van der Waals surface area contributed by atoms with Crippen LogP contribution < -0.4 is 4.90 Å². The third-order valence-electron chi connectivity index (χ3n) is 4.70. The lowest BCUT2D eigenvalue weighted by Crippen LogP contribution is -2.43. The Morgan fingerprint density at radius 3 is 2.48 bits per heavy atom. The zero-order chi connectivity index (χ0) is 20.8. The van der Waals surface area contributed by atoms with Gasteiger partial charge >= 0.3 is 0 Å². The molecule has 6 nitrogen and oxygen atoms in total. The number of carbonyl (C=O) groups excluding carboxylic acids is 1. The molecule has 0 aliphatic carbocycles. The van der Waals surface area contributed by atoms with Gasteiger partial charge in [-0.25, -0.2) is 17.2 Å². The predicted molar refractivity (Wildman–Crippen MR) is 103 cm³/mol. The van der Waals surface area contributed by atoms with Crippen LogP contribution in [0.5, 0.6) is 0 Å². The Kier molecular flexibility index (Phi) is 5.05. The molecule has 29 heavy (non-hydrogen) atoms. The van der Waals surface area contributed by atoms with Crippen LogP contribution in [0.2, 0.25) is 5.02 Å². The zero-order valence-electron chi connectivity index (χ0n) is 14.9. The summed E-state index contributed by atoms with van der Waals surface area (Å²) in [5.41, 5.74) is 0.289. The number of sulfone groups is 1. The fraction of sp³-hybridized carbons (Fsp3) is 0.211. The van der Waals surface area contributed by atoms with E-state index in [1.807, 2.05) is 0 Å². The molecule has 2 heterocycles. The standard InChI is InChI=1S/C19H15ClF2N2O4S/c20-14-10-13(2-3-15(14)22)24-11-18(19(25)23-5-7-28-8-6-23)29(26,27)17-4-1-12(21)9-16(17)24/h1-4,9-11H,5-8H2. The van der Waals surface area contributed by atoms with Crippen LogP contribution in [0.3, 0.4) is 0 Å². The van der Waals surface area contributed by atoms with Crippen LogP contribution in [0.1, 0.15) is 0 Å². The van der Waals surface area contributed by atoms with Gasteiger partial charge in [-0.05, 0) is 36.4 Å². The molecule has 10 heteroatoms. The average Bonchev–Trinajstić information content (AvgIpc) is 2.70. The molecule has 0 aromatic heterocycles. The highest BCUT2D eigenvalue weighted by Crippen LogP contribution is 2.41. The summed E-state index contributed by atoms with van der Waals surface area (Å²) in [6.07, 6.45) is 1.12. The van der Waals surface area contributed by atoms with Crippen molar-refractivity contribution in [1.82, 2.24) is 4.90 Å². The summed E-state index contributed by atoms with van der Waals surface area (Å²) in [4.78, 5) is 15.0. The Morgan fingerprint density at radius 1 is 1.07 bits per heavy atom. The molecule has 2 aromatic rings. The Labute approximate surface area is 170 Å². The van der Waals surface area contributed by atoms with Gasteiger partial charge in [-0.1, -0.05) is 11.6 Å². The summed E-state index contributed by atoms with van der Waals surface area (Å²) in [7, 11) is -4.19. The number of benzene rings is 2. The van der Waals surface area contributed by atoms with E-state index in [0.29, 0.717) is 13.2 Å². The van der Waals surface area contributed by atoms with Crippen LogP contribution in [0, 0.1) is 11.6 Å². The van der Waals surface area contributed by atoms with E-state index in [1.54, 1.807) is 0 Å². The molecule has 1 fully saturated rings. The van der Waals surface area contributed by atoms with Crippen LogP contribution in [-0.2, 0) is 19.4 Å². The summed E-state index contributed by atoms with van der Waals surface area (Å²) in [5, 5.41) is -0.191. The average molecular weight is 441 g/mol. The zero-order valence-corrected chi connectivity index (χ0v) is 16.5. The van der Waals surface area contributed by atoms with Gasteiger partial charge in [0, 0.05) is 25.0 Å². The van der Waals surface area contributed by atoms with Crippen LogP contribution in [0.25, 0.3) is 0 Å². The molecular formula is C19H15ClF2N2O4S. The second-order valence-electron chi connectivity index (χ2n) is 6.48. The second-order valence-corrected chi connectivity index (χ2v) is 8.78. The van der Waals surface area contributed by atoms with Gasteiger partial charge in [-0.15, -0.1) is 0 Å².